The number of benzene rings is 2. The fourth-order valence-corrected chi connectivity index (χ4v) is 4.96. The van der Waals surface area contributed by atoms with Crippen LogP contribution >= 0.6 is 22.7 Å². The monoisotopic (exact) mass is 332 g/mol. The standard InChI is InChI=1S/C19H12N2S2/c1-4-9-15-12(6-1)17(16-10-5-11-22-16)18(23-15)19-20-13-7-2-3-8-14(13)21-19/h1-11H,(H,20,21). The number of thiophene rings is 2. The molecule has 2 nitrogen and oxygen atoms in total. The number of H-pyrrole nitrogens is 1. The van der Waals surface area contributed by atoms with Crippen molar-refractivity contribution in [3.8, 4) is 21.1 Å². The Kier molecular flexibility index (Phi) is 2.86. The second kappa shape index (κ2) is 5.05. The summed E-state index contributed by atoms with van der Waals surface area (Å²) in [5, 5.41) is 3.43. The minimum absolute atomic E-state index is 0.954. The number of aromatic nitrogens is 2. The van der Waals surface area contributed by atoms with E-state index >= 15 is 0 Å². The lowest BCUT2D eigenvalue weighted by molar-refractivity contribution is 1.36. The summed E-state index contributed by atoms with van der Waals surface area (Å²) in [5.74, 6) is 0.954. The second-order valence-electron chi connectivity index (χ2n) is 5.38. The first-order valence-corrected chi connectivity index (χ1v) is 9.10. The molecule has 5 aromatic rings. The van der Waals surface area contributed by atoms with Crippen LogP contribution in [-0.2, 0) is 0 Å². The van der Waals surface area contributed by atoms with E-state index in [1.54, 1.807) is 22.7 Å². The molecule has 3 heterocycles. The van der Waals surface area contributed by atoms with Gasteiger partial charge >= 0.3 is 0 Å². The summed E-state index contributed by atoms with van der Waals surface area (Å²) in [5.41, 5.74) is 3.38. The van der Waals surface area contributed by atoms with Gasteiger partial charge in [0.25, 0.3) is 0 Å². The fraction of sp³-hybridized carbons (Fsp3) is 0. The van der Waals surface area contributed by atoms with Crippen molar-refractivity contribution < 1.29 is 0 Å². The molecule has 0 aliphatic rings. The molecule has 110 valence electrons. The molecule has 0 saturated heterocycles. The van der Waals surface area contributed by atoms with Gasteiger partial charge in [-0.3, -0.25) is 0 Å². The Hall–Kier alpha value is -2.43. The van der Waals surface area contributed by atoms with E-state index < -0.39 is 0 Å². The zero-order valence-electron chi connectivity index (χ0n) is 12.1. The van der Waals surface area contributed by atoms with Gasteiger partial charge in [-0.1, -0.05) is 36.4 Å². The minimum Gasteiger partial charge on any atom is -0.337 e. The van der Waals surface area contributed by atoms with E-state index in [4.69, 9.17) is 4.98 Å². The van der Waals surface area contributed by atoms with Gasteiger partial charge in [-0.25, -0.2) is 4.98 Å². The van der Waals surface area contributed by atoms with Crippen LogP contribution in [0.5, 0.6) is 0 Å². The predicted octanol–water partition coefficient (Wildman–Crippen LogP) is 6.17. The molecule has 5 rings (SSSR count). The summed E-state index contributed by atoms with van der Waals surface area (Å²) in [6.07, 6.45) is 0. The summed E-state index contributed by atoms with van der Waals surface area (Å²) in [6, 6.07) is 21.1. The molecule has 4 heteroatoms. The zero-order valence-corrected chi connectivity index (χ0v) is 13.7. The third kappa shape index (κ3) is 2.03. The molecule has 2 aromatic carbocycles. The van der Waals surface area contributed by atoms with Crippen LogP contribution in [0.15, 0.2) is 66.0 Å². The van der Waals surface area contributed by atoms with E-state index in [1.165, 1.54) is 25.4 Å². The van der Waals surface area contributed by atoms with E-state index in [0.29, 0.717) is 0 Å². The molecular weight excluding hydrogens is 320 g/mol. The van der Waals surface area contributed by atoms with Gasteiger partial charge in [0.05, 0.1) is 15.9 Å². The van der Waals surface area contributed by atoms with Crippen molar-refractivity contribution in [2.24, 2.45) is 0 Å². The van der Waals surface area contributed by atoms with Crippen molar-refractivity contribution >= 4 is 43.8 Å². The summed E-state index contributed by atoms with van der Waals surface area (Å²) in [7, 11) is 0. The van der Waals surface area contributed by atoms with Crippen LogP contribution < -0.4 is 0 Å². The van der Waals surface area contributed by atoms with Crippen LogP contribution in [0.4, 0.5) is 0 Å². The molecule has 0 unspecified atom stereocenters. The van der Waals surface area contributed by atoms with Crippen LogP contribution in [0.25, 0.3) is 42.3 Å². The summed E-state index contributed by atoms with van der Waals surface area (Å²) < 4.78 is 1.30. The first-order chi connectivity index (χ1) is 11.4. The highest BCUT2D eigenvalue weighted by Crippen LogP contribution is 2.45. The van der Waals surface area contributed by atoms with Crippen molar-refractivity contribution in [3.05, 3.63) is 66.0 Å². The van der Waals surface area contributed by atoms with Gasteiger partial charge in [0.2, 0.25) is 0 Å². The molecule has 0 aliphatic heterocycles. The molecule has 0 atom stereocenters. The normalized spacial score (nSPS) is 11.5. The van der Waals surface area contributed by atoms with Crippen molar-refractivity contribution in [1.29, 1.82) is 0 Å². The van der Waals surface area contributed by atoms with Crippen molar-refractivity contribution in [2.75, 3.05) is 0 Å². The number of imidazole rings is 1. The molecule has 0 fully saturated rings. The average molecular weight is 332 g/mol. The van der Waals surface area contributed by atoms with E-state index in [9.17, 15) is 0 Å². The Morgan fingerprint density at radius 1 is 0.870 bits per heavy atom. The Morgan fingerprint density at radius 2 is 1.74 bits per heavy atom. The number of nitrogens with zero attached hydrogens (tertiary/aromatic N) is 1. The topological polar surface area (TPSA) is 28.7 Å². The number of nitrogens with one attached hydrogen (secondary N) is 1. The molecule has 23 heavy (non-hydrogen) atoms. The van der Waals surface area contributed by atoms with E-state index in [0.717, 1.165) is 16.9 Å². The van der Waals surface area contributed by atoms with E-state index in [1.807, 2.05) is 18.2 Å². The Labute approximate surface area is 141 Å². The lowest BCUT2D eigenvalue weighted by Gasteiger charge is -1.99. The number of aromatic amines is 1. The van der Waals surface area contributed by atoms with Crippen LogP contribution in [0.2, 0.25) is 0 Å². The Balaban J connectivity index is 1.85. The average Bonchev–Trinajstić information content (AvgIpc) is 3.30. The van der Waals surface area contributed by atoms with Gasteiger partial charge in [0.15, 0.2) is 0 Å². The van der Waals surface area contributed by atoms with Gasteiger partial charge in [-0.2, -0.15) is 0 Å². The molecule has 0 aliphatic carbocycles. The minimum atomic E-state index is 0.954. The quantitative estimate of drug-likeness (QED) is 0.411. The highest BCUT2D eigenvalue weighted by atomic mass is 32.1. The van der Waals surface area contributed by atoms with E-state index in [2.05, 4.69) is 52.8 Å². The van der Waals surface area contributed by atoms with Crippen LogP contribution in [0.3, 0.4) is 0 Å². The van der Waals surface area contributed by atoms with Gasteiger partial charge in [0.1, 0.15) is 5.82 Å². The maximum Gasteiger partial charge on any atom is 0.149 e. The molecule has 0 radical (unpaired) electrons. The number of hydrogen-bond donors (Lipinski definition) is 1. The molecule has 0 spiro atoms. The molecule has 1 N–H and O–H groups in total. The Bertz CT molecular complexity index is 1080. The predicted molar refractivity (Wildman–Crippen MR) is 100 cm³/mol. The maximum absolute atomic E-state index is 4.81. The Morgan fingerprint density at radius 3 is 2.61 bits per heavy atom. The van der Waals surface area contributed by atoms with Crippen molar-refractivity contribution in [3.63, 3.8) is 0 Å². The largest absolute Gasteiger partial charge is 0.337 e. The number of fused-ring (bicyclic) bond motifs is 2. The summed E-state index contributed by atoms with van der Waals surface area (Å²) in [6.45, 7) is 0. The molecule has 3 aromatic heterocycles. The number of rotatable bonds is 2. The molecular formula is C19H12N2S2. The summed E-state index contributed by atoms with van der Waals surface area (Å²) >= 11 is 3.58. The van der Waals surface area contributed by atoms with Gasteiger partial charge in [-0.15, -0.1) is 22.7 Å². The van der Waals surface area contributed by atoms with E-state index in [-0.39, 0.29) is 0 Å². The smallest absolute Gasteiger partial charge is 0.149 e. The number of para-hydroxylation sites is 2. The maximum atomic E-state index is 4.81. The van der Waals surface area contributed by atoms with Gasteiger partial charge in [-0.05, 0) is 29.6 Å². The lowest BCUT2D eigenvalue weighted by atomic mass is 10.1. The number of hydrogen-bond acceptors (Lipinski definition) is 3. The van der Waals surface area contributed by atoms with Crippen molar-refractivity contribution in [2.45, 2.75) is 0 Å². The van der Waals surface area contributed by atoms with Crippen molar-refractivity contribution in [1.82, 2.24) is 9.97 Å². The first kappa shape index (κ1) is 13.0. The summed E-state index contributed by atoms with van der Waals surface area (Å²) in [4.78, 5) is 10.8. The van der Waals surface area contributed by atoms with Crippen LogP contribution in [0.1, 0.15) is 0 Å². The molecule has 0 bridgehead atoms. The first-order valence-electron chi connectivity index (χ1n) is 7.41. The highest BCUT2D eigenvalue weighted by molar-refractivity contribution is 7.23. The lowest BCUT2D eigenvalue weighted by Crippen LogP contribution is -1.79. The SMILES string of the molecule is c1csc(-c2c(-c3nc4ccccc4[nH]3)sc3ccccc23)c1. The van der Waals surface area contributed by atoms with Crippen LogP contribution in [0, 0.1) is 0 Å². The third-order valence-electron chi connectivity index (χ3n) is 3.97. The fourth-order valence-electron chi connectivity index (χ4n) is 2.94. The van der Waals surface area contributed by atoms with Crippen LogP contribution in [-0.4, -0.2) is 9.97 Å². The van der Waals surface area contributed by atoms with Gasteiger partial charge < -0.3 is 4.98 Å². The molecule has 0 saturated carbocycles. The second-order valence-corrected chi connectivity index (χ2v) is 7.38. The molecule has 0 amide bonds. The highest BCUT2D eigenvalue weighted by Gasteiger charge is 2.18. The van der Waals surface area contributed by atoms with Gasteiger partial charge in [0, 0.05) is 20.5 Å². The zero-order chi connectivity index (χ0) is 15.2. The third-order valence-corrected chi connectivity index (χ3v) is 6.03.